The van der Waals surface area contributed by atoms with Crippen LogP contribution in [0.15, 0.2) is 182 Å². The molecular weight excluding hydrogens is 1420 g/mol. The van der Waals surface area contributed by atoms with Gasteiger partial charge >= 0.3 is 17.9 Å². The fourth-order valence-corrected chi connectivity index (χ4v) is 9.12. The summed E-state index contributed by atoms with van der Waals surface area (Å²) in [4.78, 5) is 70.5. The second-order valence-electron chi connectivity index (χ2n) is 17.5. The number of hydrogen-bond acceptors (Lipinski definition) is 14. The van der Waals surface area contributed by atoms with Crippen LogP contribution in [0.5, 0.6) is 0 Å². The van der Waals surface area contributed by atoms with Gasteiger partial charge in [0.25, 0.3) is 0 Å². The number of nitriles is 1. The van der Waals surface area contributed by atoms with Crippen LogP contribution in [0.1, 0.15) is 90.0 Å². The fraction of sp³-hybridized carbons (Fsp3) is 0.0500. The van der Waals surface area contributed by atoms with Crippen molar-refractivity contribution < 1.29 is 44.1 Å². The zero-order valence-corrected chi connectivity index (χ0v) is 51.3. The zero-order chi connectivity index (χ0) is 59.8. The van der Waals surface area contributed by atoms with E-state index in [1.54, 1.807) is 78.9 Å². The molecular formula is C60H50ClI3N10O9. The summed E-state index contributed by atoms with van der Waals surface area (Å²) in [6.07, 6.45) is 4.26. The minimum absolute atomic E-state index is 0. The number of nitrogens with zero attached hydrogens (tertiary/aromatic N) is 5. The largest absolute Gasteiger partial charge is 0.478 e. The number of aromatic carboxylic acids is 3. The van der Waals surface area contributed by atoms with Gasteiger partial charge < -0.3 is 37.5 Å². The molecule has 0 fully saturated rings. The van der Waals surface area contributed by atoms with Gasteiger partial charge in [-0.1, -0.05) is 72.8 Å². The van der Waals surface area contributed by atoms with Gasteiger partial charge in [-0.05, 0) is 190 Å². The number of hydrazine groups is 1. The van der Waals surface area contributed by atoms with Gasteiger partial charge in [0.1, 0.15) is 23.3 Å². The van der Waals surface area contributed by atoms with E-state index in [-0.39, 0.29) is 74.8 Å². The summed E-state index contributed by atoms with van der Waals surface area (Å²) in [6, 6.07) is 47.0. The molecule has 0 aliphatic heterocycles. The number of carboxylic acids is 3. The standard InChI is InChI=1S/2C18H14IN3O3.C16H11IN2O.C8H10N2O2.ClH/c2*1-10-5-6-12(18(24)25)8-15(10)22-17(20)14(9-21-22)16(23)11-3-2-4-13(19)7-11;17-14-6-4-5-12(9-14)16(20)13(10-18)11-19-15-7-2-1-3-8-15;1-5-2-3-6(8(11)12)4-7(5)10-9;/h2*2-9H,20H2,1H3,(H,24,25);1-9,11,19H;2-4,10H,9H2,1H3,(H,11,12);1H/b;;13-11-;;. The van der Waals surface area contributed by atoms with E-state index in [1.165, 1.54) is 58.3 Å². The number of ketones is 3. The lowest BCUT2D eigenvalue weighted by atomic mass is 10.1. The summed E-state index contributed by atoms with van der Waals surface area (Å²) < 4.78 is 5.63. The van der Waals surface area contributed by atoms with Crippen LogP contribution in [-0.4, -0.2) is 70.1 Å². The molecule has 0 unspecified atom stereocenters. The molecule has 7 aromatic carbocycles. The highest BCUT2D eigenvalue weighted by Gasteiger charge is 2.22. The number of aromatic nitrogens is 4. The van der Waals surface area contributed by atoms with Gasteiger partial charge in [-0.2, -0.15) is 15.5 Å². The Labute approximate surface area is 523 Å². The maximum absolute atomic E-state index is 12.7. The van der Waals surface area contributed by atoms with Crippen molar-refractivity contribution in [3.63, 3.8) is 0 Å². The predicted octanol–water partition coefficient (Wildman–Crippen LogP) is 12.0. The number of aryl methyl sites for hydroxylation is 3. The van der Waals surface area contributed by atoms with E-state index in [0.29, 0.717) is 33.8 Å². The summed E-state index contributed by atoms with van der Waals surface area (Å²) >= 11 is 6.41. The van der Waals surface area contributed by atoms with Crippen molar-refractivity contribution in [2.24, 2.45) is 5.84 Å². The number of carboxylic acid groups (broad SMARTS) is 3. The van der Waals surface area contributed by atoms with E-state index in [4.69, 9.17) is 37.9 Å². The zero-order valence-electron chi connectivity index (χ0n) is 44.0. The Balaban J connectivity index is 0.000000208. The number of nitrogens with one attached hydrogen (secondary N) is 2. The van der Waals surface area contributed by atoms with Crippen LogP contribution in [0.25, 0.3) is 11.4 Å². The molecule has 2 heterocycles. The third-order valence-electron chi connectivity index (χ3n) is 11.9. The molecule has 0 atom stereocenters. The number of carbonyl (C=O) groups is 6. The number of Topliss-reactive ketones (excluding diaryl/α,β-unsaturated/α-hetero) is 1. The highest BCUT2D eigenvalue weighted by atomic mass is 127. The van der Waals surface area contributed by atoms with E-state index in [9.17, 15) is 28.8 Å². The molecule has 0 saturated heterocycles. The van der Waals surface area contributed by atoms with E-state index in [2.05, 4.69) is 88.7 Å². The van der Waals surface area contributed by atoms with Crippen LogP contribution < -0.4 is 28.1 Å². The molecule has 0 bridgehead atoms. The number of carbonyl (C=O) groups excluding carboxylic acids is 3. The van der Waals surface area contributed by atoms with Crippen molar-refractivity contribution in [2.45, 2.75) is 20.8 Å². The Morgan fingerprint density at radius 1 is 0.530 bits per heavy atom. The summed E-state index contributed by atoms with van der Waals surface area (Å²) in [5, 5.41) is 47.4. The molecule has 422 valence electrons. The molecule has 19 nitrogen and oxygen atoms in total. The first-order valence-corrected chi connectivity index (χ1v) is 27.3. The molecule has 83 heavy (non-hydrogen) atoms. The number of halogens is 4. The van der Waals surface area contributed by atoms with Crippen molar-refractivity contribution in [1.82, 2.24) is 19.6 Å². The molecule has 2 aromatic heterocycles. The Morgan fingerprint density at radius 2 is 0.928 bits per heavy atom. The molecule has 11 N–H and O–H groups in total. The van der Waals surface area contributed by atoms with Gasteiger partial charge in [-0.15, -0.1) is 12.4 Å². The molecule has 0 aliphatic carbocycles. The van der Waals surface area contributed by atoms with E-state index < -0.39 is 17.9 Å². The number of rotatable bonds is 14. The Morgan fingerprint density at radius 3 is 1.33 bits per heavy atom. The third kappa shape index (κ3) is 17.2. The minimum Gasteiger partial charge on any atom is -0.478 e. The molecule has 9 aromatic rings. The van der Waals surface area contributed by atoms with Gasteiger partial charge in [0.05, 0.1) is 57.3 Å². The topological polar surface area (TPSA) is 325 Å². The molecule has 0 spiro atoms. The second-order valence-corrected chi connectivity index (χ2v) is 21.2. The van der Waals surface area contributed by atoms with Crippen molar-refractivity contribution in [2.75, 3.05) is 22.2 Å². The van der Waals surface area contributed by atoms with Gasteiger partial charge in [0.15, 0.2) is 11.6 Å². The van der Waals surface area contributed by atoms with Crippen molar-refractivity contribution in [3.05, 3.63) is 254 Å². The van der Waals surface area contributed by atoms with Crippen LogP contribution >= 0.6 is 80.2 Å². The molecule has 0 aliphatic rings. The molecule has 0 saturated carbocycles. The minimum atomic E-state index is -1.04. The highest BCUT2D eigenvalue weighted by Crippen LogP contribution is 2.26. The smallest absolute Gasteiger partial charge is 0.335 e. The van der Waals surface area contributed by atoms with Crippen molar-refractivity contribution in [3.8, 4) is 17.4 Å². The van der Waals surface area contributed by atoms with Crippen LogP contribution in [0.2, 0.25) is 0 Å². The Hall–Kier alpha value is -8.75. The van der Waals surface area contributed by atoms with E-state index in [1.807, 2.05) is 75.4 Å². The fourth-order valence-electron chi connectivity index (χ4n) is 7.50. The SMILES string of the molecule is Cc1ccc(C(=O)O)cc1-n1ncc(C(=O)c2cccc(I)c2)c1N.Cc1ccc(C(=O)O)cc1-n1ncc(C(=O)c2cccc(I)c2)c1N.Cc1ccc(C(=O)O)cc1NN.Cl.N#C/C(=C/Nc1ccccc1)C(=O)c1cccc(I)c1. The third-order valence-corrected chi connectivity index (χ3v) is 13.9. The number of hydrogen-bond donors (Lipinski definition) is 8. The molecule has 23 heteroatoms. The van der Waals surface area contributed by atoms with Crippen molar-refractivity contribution >= 4 is 138 Å². The average Bonchev–Trinajstić information content (AvgIpc) is 4.13. The van der Waals surface area contributed by atoms with Gasteiger partial charge in [-0.3, -0.25) is 20.2 Å². The lowest BCUT2D eigenvalue weighted by molar-refractivity contribution is 0.0686. The first-order valence-electron chi connectivity index (χ1n) is 24.1. The van der Waals surface area contributed by atoms with Gasteiger partial charge in [-0.25, -0.2) is 23.7 Å². The summed E-state index contributed by atoms with van der Waals surface area (Å²) in [5.41, 5.74) is 22.4. The molecule has 0 radical (unpaired) electrons. The van der Waals surface area contributed by atoms with Crippen LogP contribution in [0.3, 0.4) is 0 Å². The first-order chi connectivity index (χ1) is 39.1. The van der Waals surface area contributed by atoms with Gasteiger partial charge in [0.2, 0.25) is 5.78 Å². The molecule has 0 amide bonds. The monoisotopic (exact) mass is 1470 g/mol. The van der Waals surface area contributed by atoms with E-state index in [0.717, 1.165) is 33.1 Å². The van der Waals surface area contributed by atoms with Crippen LogP contribution in [0, 0.1) is 42.8 Å². The number of nitrogen functional groups attached to an aromatic ring is 3. The average molecular weight is 1470 g/mol. The maximum atomic E-state index is 12.7. The quantitative estimate of drug-likeness (QED) is 0.0125. The number of allylic oxidation sites excluding steroid dienone is 1. The Kier molecular flexibility index (Phi) is 23.8. The number of para-hydroxylation sites is 1. The predicted molar refractivity (Wildman–Crippen MR) is 345 cm³/mol. The van der Waals surface area contributed by atoms with Crippen molar-refractivity contribution in [1.29, 1.82) is 5.26 Å². The number of anilines is 4. The first kappa shape index (κ1) is 65.1. The van der Waals surface area contributed by atoms with E-state index >= 15 is 0 Å². The van der Waals surface area contributed by atoms with Crippen LogP contribution in [0.4, 0.5) is 23.0 Å². The second kappa shape index (κ2) is 30.3. The number of benzene rings is 7. The summed E-state index contributed by atoms with van der Waals surface area (Å²) in [7, 11) is 0. The van der Waals surface area contributed by atoms with Crippen LogP contribution in [-0.2, 0) is 0 Å². The molecule has 9 rings (SSSR count). The summed E-state index contributed by atoms with van der Waals surface area (Å²) in [5.74, 6) is 1.76. The van der Waals surface area contributed by atoms with Gasteiger partial charge in [0, 0.05) is 39.3 Å². The normalized spacial score (nSPS) is 10.4. The highest BCUT2D eigenvalue weighted by molar-refractivity contribution is 14.1. The Bertz CT molecular complexity index is 3810. The lowest BCUT2D eigenvalue weighted by Crippen LogP contribution is -2.09. The lowest BCUT2D eigenvalue weighted by Gasteiger charge is -2.09. The summed E-state index contributed by atoms with van der Waals surface area (Å²) in [6.45, 7) is 5.49. The number of nitrogens with two attached hydrogens (primary N) is 3. The maximum Gasteiger partial charge on any atom is 0.335 e.